The van der Waals surface area contributed by atoms with E-state index in [0.717, 1.165) is 25.3 Å². The number of esters is 1. The van der Waals surface area contributed by atoms with E-state index in [9.17, 15) is 31.5 Å². The van der Waals surface area contributed by atoms with Gasteiger partial charge in [-0.05, 0) is 26.0 Å². The summed E-state index contributed by atoms with van der Waals surface area (Å²) in [6.45, 7) is 2.26. The molecular formula is C19H14F5NO3. The molecule has 0 aliphatic carbocycles. The van der Waals surface area contributed by atoms with Gasteiger partial charge in [-0.3, -0.25) is 4.79 Å². The van der Waals surface area contributed by atoms with Crippen molar-refractivity contribution >= 4 is 17.4 Å². The number of benzene rings is 2. The van der Waals surface area contributed by atoms with Gasteiger partial charge in [0.25, 0.3) is 0 Å². The molecule has 0 aliphatic rings. The van der Waals surface area contributed by atoms with Gasteiger partial charge in [0.05, 0.1) is 17.9 Å². The maximum absolute atomic E-state index is 14.1. The summed E-state index contributed by atoms with van der Waals surface area (Å²) in [6, 6.07) is 2.65. The minimum Gasteiger partial charge on any atom is -0.462 e. The number of hydrogen-bond donors (Lipinski definition) is 1. The zero-order valence-electron chi connectivity index (χ0n) is 14.7. The average Bonchev–Trinajstić information content (AvgIpc) is 2.62. The summed E-state index contributed by atoms with van der Waals surface area (Å²) in [4.78, 5) is 24.7. The van der Waals surface area contributed by atoms with Crippen molar-refractivity contribution in [1.29, 1.82) is 0 Å². The van der Waals surface area contributed by atoms with Crippen molar-refractivity contribution < 1.29 is 36.3 Å². The molecule has 0 saturated heterocycles. The van der Waals surface area contributed by atoms with Gasteiger partial charge in [-0.1, -0.05) is 0 Å². The number of hydrogen-bond acceptors (Lipinski definition) is 4. The summed E-state index contributed by atoms with van der Waals surface area (Å²) in [6.07, 6.45) is 0.719. The minimum atomic E-state index is -1.50. The normalized spacial score (nSPS) is 11.3. The molecule has 0 atom stereocenters. The Kier molecular flexibility index (Phi) is 6.50. The largest absolute Gasteiger partial charge is 0.462 e. The van der Waals surface area contributed by atoms with Gasteiger partial charge in [-0.25, -0.2) is 26.7 Å². The predicted octanol–water partition coefficient (Wildman–Crippen LogP) is 4.43. The van der Waals surface area contributed by atoms with Crippen LogP contribution in [-0.4, -0.2) is 18.4 Å². The average molecular weight is 399 g/mol. The van der Waals surface area contributed by atoms with Crippen LogP contribution in [0.5, 0.6) is 0 Å². The number of anilines is 1. The molecule has 2 rings (SSSR count). The minimum absolute atomic E-state index is 0.145. The third-order valence-corrected chi connectivity index (χ3v) is 3.68. The number of carbonyl (C=O) groups excluding carboxylic acids is 2. The Morgan fingerprint density at radius 3 is 2.32 bits per heavy atom. The highest BCUT2D eigenvalue weighted by atomic mass is 19.2. The van der Waals surface area contributed by atoms with E-state index in [1.165, 1.54) is 6.92 Å². The van der Waals surface area contributed by atoms with E-state index in [0.29, 0.717) is 6.07 Å². The molecule has 0 fully saturated rings. The van der Waals surface area contributed by atoms with Gasteiger partial charge >= 0.3 is 5.97 Å². The molecule has 0 unspecified atom stereocenters. The van der Waals surface area contributed by atoms with Crippen molar-refractivity contribution in [2.24, 2.45) is 0 Å². The first kappa shape index (κ1) is 21.1. The van der Waals surface area contributed by atoms with Gasteiger partial charge in [0.2, 0.25) is 5.78 Å². The zero-order chi connectivity index (χ0) is 21.0. The molecule has 9 heteroatoms. The maximum atomic E-state index is 14.1. The molecule has 1 N–H and O–H groups in total. The summed E-state index contributed by atoms with van der Waals surface area (Å²) in [5.41, 5.74) is -2.61. The Hall–Kier alpha value is -3.23. The topological polar surface area (TPSA) is 55.4 Å². The molecule has 0 amide bonds. The highest BCUT2D eigenvalue weighted by molar-refractivity contribution is 6.24. The van der Waals surface area contributed by atoms with Crippen molar-refractivity contribution in [3.05, 3.63) is 76.3 Å². The van der Waals surface area contributed by atoms with Gasteiger partial charge in [0, 0.05) is 23.9 Å². The van der Waals surface area contributed by atoms with Crippen molar-refractivity contribution in [2.45, 2.75) is 13.8 Å². The van der Waals surface area contributed by atoms with Gasteiger partial charge in [-0.15, -0.1) is 0 Å². The van der Waals surface area contributed by atoms with Crippen molar-refractivity contribution in [2.75, 3.05) is 11.9 Å². The monoisotopic (exact) mass is 399 g/mol. The van der Waals surface area contributed by atoms with E-state index in [-0.39, 0.29) is 18.4 Å². The smallest absolute Gasteiger partial charge is 0.343 e. The van der Waals surface area contributed by atoms with Crippen molar-refractivity contribution in [3.63, 3.8) is 0 Å². The molecule has 0 heterocycles. The molecule has 0 spiro atoms. The molecule has 4 nitrogen and oxygen atoms in total. The lowest BCUT2D eigenvalue weighted by atomic mass is 9.98. The first-order chi connectivity index (χ1) is 13.2. The van der Waals surface area contributed by atoms with E-state index in [2.05, 4.69) is 5.32 Å². The quantitative estimate of drug-likeness (QED) is 0.149. The fourth-order valence-corrected chi connectivity index (χ4v) is 2.31. The van der Waals surface area contributed by atoms with Crippen LogP contribution in [0.3, 0.4) is 0 Å². The van der Waals surface area contributed by atoms with E-state index < -0.39 is 57.5 Å². The number of nitrogens with one attached hydrogen (secondary N) is 1. The number of carbonyl (C=O) groups is 2. The number of ether oxygens (including phenoxy) is 1. The summed E-state index contributed by atoms with van der Waals surface area (Å²) < 4.78 is 72.5. The Labute approximate surface area is 156 Å². The van der Waals surface area contributed by atoms with Crippen LogP contribution < -0.4 is 5.32 Å². The first-order valence-electron chi connectivity index (χ1n) is 7.95. The lowest BCUT2D eigenvalue weighted by Gasteiger charge is -2.11. The predicted molar refractivity (Wildman–Crippen MR) is 90.1 cm³/mol. The van der Waals surface area contributed by atoms with Crippen LogP contribution in [0.4, 0.5) is 27.6 Å². The van der Waals surface area contributed by atoms with Crippen LogP contribution in [0, 0.1) is 36.0 Å². The number of halogens is 5. The third-order valence-electron chi connectivity index (χ3n) is 3.68. The first-order valence-corrected chi connectivity index (χ1v) is 7.95. The van der Waals surface area contributed by atoms with Crippen LogP contribution >= 0.6 is 0 Å². The molecular weight excluding hydrogens is 385 g/mol. The van der Waals surface area contributed by atoms with Crippen LogP contribution in [0.15, 0.2) is 36.0 Å². The number of rotatable bonds is 6. The third kappa shape index (κ3) is 4.36. The summed E-state index contributed by atoms with van der Waals surface area (Å²) >= 11 is 0. The number of Topliss-reactive ketones (excluding diaryl/α,β-unsaturated/α-hetero) is 1. The van der Waals surface area contributed by atoms with E-state index >= 15 is 0 Å². The SMILES string of the molecule is CCOC(=O)/C(=C/Nc1ccc(F)cc1F)C(=O)c1c(F)cc(F)c(F)c1C. The standard InChI is InChI=1S/C19H14F5NO3/c1-3-28-19(27)11(8-25-15-5-4-10(20)6-12(15)21)18(26)16-9(2)17(24)14(23)7-13(16)22/h4-8,25H,3H2,1-2H3/b11-8+. The highest BCUT2D eigenvalue weighted by Crippen LogP contribution is 2.24. The molecule has 0 aliphatic heterocycles. The van der Waals surface area contributed by atoms with E-state index in [1.54, 1.807) is 0 Å². The molecule has 2 aromatic rings. The lowest BCUT2D eigenvalue weighted by molar-refractivity contribution is -0.138. The van der Waals surface area contributed by atoms with Crippen molar-refractivity contribution in [1.82, 2.24) is 0 Å². The number of ketones is 1. The summed E-state index contributed by atoms with van der Waals surface area (Å²) in [5.74, 6) is -8.72. The second kappa shape index (κ2) is 8.64. The fourth-order valence-electron chi connectivity index (χ4n) is 2.31. The molecule has 0 saturated carbocycles. The van der Waals surface area contributed by atoms with E-state index in [1.807, 2.05) is 0 Å². The van der Waals surface area contributed by atoms with Crippen LogP contribution in [0.25, 0.3) is 0 Å². The van der Waals surface area contributed by atoms with Gasteiger partial charge < -0.3 is 10.1 Å². The molecule has 28 heavy (non-hydrogen) atoms. The molecule has 0 radical (unpaired) electrons. The second-order valence-corrected chi connectivity index (χ2v) is 5.53. The van der Waals surface area contributed by atoms with Gasteiger partial charge in [-0.2, -0.15) is 0 Å². The van der Waals surface area contributed by atoms with Crippen LogP contribution in [0.1, 0.15) is 22.8 Å². The highest BCUT2D eigenvalue weighted by Gasteiger charge is 2.28. The summed E-state index contributed by atoms with van der Waals surface area (Å²) in [7, 11) is 0. The van der Waals surface area contributed by atoms with Gasteiger partial charge in [0.15, 0.2) is 11.6 Å². The Morgan fingerprint density at radius 1 is 1.04 bits per heavy atom. The summed E-state index contributed by atoms with van der Waals surface area (Å²) in [5, 5.41) is 2.28. The van der Waals surface area contributed by atoms with Crippen molar-refractivity contribution in [3.8, 4) is 0 Å². The maximum Gasteiger partial charge on any atom is 0.343 e. The molecule has 0 bridgehead atoms. The Morgan fingerprint density at radius 2 is 1.71 bits per heavy atom. The lowest BCUT2D eigenvalue weighted by Crippen LogP contribution is -2.20. The molecule has 0 aromatic heterocycles. The molecule has 2 aromatic carbocycles. The Balaban J connectivity index is 2.50. The fraction of sp³-hybridized carbons (Fsp3) is 0.158. The zero-order valence-corrected chi connectivity index (χ0v) is 14.7. The molecule has 148 valence electrons. The second-order valence-electron chi connectivity index (χ2n) is 5.53. The van der Waals surface area contributed by atoms with Crippen LogP contribution in [-0.2, 0) is 9.53 Å². The Bertz CT molecular complexity index is 973. The van der Waals surface area contributed by atoms with Gasteiger partial charge in [0.1, 0.15) is 23.0 Å². The van der Waals surface area contributed by atoms with Crippen LogP contribution in [0.2, 0.25) is 0 Å². The van der Waals surface area contributed by atoms with E-state index in [4.69, 9.17) is 4.74 Å².